The molecule has 1 saturated heterocycles. The zero-order valence-corrected chi connectivity index (χ0v) is 10.2. The van der Waals surface area contributed by atoms with Gasteiger partial charge in [-0.15, -0.1) is 0 Å². The molecule has 2 fully saturated rings. The molecule has 0 spiro atoms. The Morgan fingerprint density at radius 2 is 2.38 bits per heavy atom. The molecule has 0 aromatic rings. The summed E-state index contributed by atoms with van der Waals surface area (Å²) < 4.78 is 4.94. The SMILES string of the molecule is CCN1C2CCC(C2)C1C(=O)NCCOC.[HH]. The number of amides is 1. The predicted octanol–water partition coefficient (Wildman–Crippen LogP) is 0.868. The van der Waals surface area contributed by atoms with E-state index in [0.29, 0.717) is 25.1 Å². The topological polar surface area (TPSA) is 41.6 Å². The summed E-state index contributed by atoms with van der Waals surface area (Å²) in [4.78, 5) is 14.4. The highest BCUT2D eigenvalue weighted by atomic mass is 16.5. The summed E-state index contributed by atoms with van der Waals surface area (Å²) in [5, 5.41) is 2.97. The summed E-state index contributed by atoms with van der Waals surface area (Å²) in [7, 11) is 1.65. The molecule has 1 amide bonds. The van der Waals surface area contributed by atoms with Gasteiger partial charge in [-0.3, -0.25) is 9.69 Å². The fraction of sp³-hybridized carbons (Fsp3) is 0.917. The van der Waals surface area contributed by atoms with Crippen LogP contribution in [0.25, 0.3) is 0 Å². The maximum Gasteiger partial charge on any atom is 0.237 e. The van der Waals surface area contributed by atoms with Gasteiger partial charge in [0.1, 0.15) is 0 Å². The monoisotopic (exact) mass is 228 g/mol. The molecule has 16 heavy (non-hydrogen) atoms. The molecule has 4 nitrogen and oxygen atoms in total. The molecule has 3 atom stereocenters. The fourth-order valence-corrected chi connectivity index (χ4v) is 3.28. The molecule has 2 rings (SSSR count). The minimum absolute atomic E-state index is 0. The molecule has 2 aliphatic rings. The number of likely N-dealkylation sites (tertiary alicyclic amines) is 1. The molecule has 1 aliphatic heterocycles. The maximum atomic E-state index is 12.1. The number of fused-ring (bicyclic) bond motifs is 2. The number of nitrogens with zero attached hydrogens (tertiary/aromatic N) is 1. The van der Waals surface area contributed by atoms with Crippen LogP contribution in [0.1, 0.15) is 27.6 Å². The number of methoxy groups -OCH3 is 1. The molecule has 94 valence electrons. The van der Waals surface area contributed by atoms with Gasteiger partial charge in [-0.05, 0) is 31.7 Å². The second kappa shape index (κ2) is 5.15. The molecule has 1 aliphatic carbocycles. The number of nitrogens with one attached hydrogen (secondary N) is 1. The van der Waals surface area contributed by atoms with Crippen LogP contribution in [0.5, 0.6) is 0 Å². The Kier molecular flexibility index (Phi) is 3.82. The third-order valence-corrected chi connectivity index (χ3v) is 3.96. The van der Waals surface area contributed by atoms with E-state index in [0.717, 1.165) is 6.54 Å². The van der Waals surface area contributed by atoms with Gasteiger partial charge in [0.25, 0.3) is 0 Å². The lowest BCUT2D eigenvalue weighted by Crippen LogP contribution is -2.50. The molecule has 3 unspecified atom stereocenters. The summed E-state index contributed by atoms with van der Waals surface area (Å²) in [6.07, 6.45) is 3.72. The summed E-state index contributed by atoms with van der Waals surface area (Å²) >= 11 is 0. The van der Waals surface area contributed by atoms with E-state index in [2.05, 4.69) is 17.1 Å². The highest BCUT2D eigenvalue weighted by Gasteiger charge is 2.48. The quantitative estimate of drug-likeness (QED) is 0.710. The van der Waals surface area contributed by atoms with Crippen LogP contribution in [-0.4, -0.2) is 49.7 Å². The molecule has 0 aromatic heterocycles. The van der Waals surface area contributed by atoms with E-state index in [1.54, 1.807) is 7.11 Å². The third-order valence-electron chi connectivity index (χ3n) is 3.96. The highest BCUT2D eigenvalue weighted by molar-refractivity contribution is 5.82. The van der Waals surface area contributed by atoms with Crippen LogP contribution >= 0.6 is 0 Å². The van der Waals surface area contributed by atoms with Crippen molar-refractivity contribution in [3.05, 3.63) is 0 Å². The Balaban J connectivity index is 0.00000144. The van der Waals surface area contributed by atoms with E-state index in [-0.39, 0.29) is 13.4 Å². The van der Waals surface area contributed by atoms with E-state index < -0.39 is 0 Å². The summed E-state index contributed by atoms with van der Waals surface area (Å²) in [6.45, 7) is 4.36. The lowest BCUT2D eigenvalue weighted by Gasteiger charge is -2.33. The van der Waals surface area contributed by atoms with Gasteiger partial charge in [-0.1, -0.05) is 6.92 Å². The van der Waals surface area contributed by atoms with Gasteiger partial charge in [0.05, 0.1) is 12.6 Å². The summed E-state index contributed by atoms with van der Waals surface area (Å²) in [5.41, 5.74) is 0. The van der Waals surface area contributed by atoms with Crippen LogP contribution in [0.4, 0.5) is 0 Å². The number of ether oxygens (including phenoxy) is 1. The Hall–Kier alpha value is -0.610. The van der Waals surface area contributed by atoms with E-state index >= 15 is 0 Å². The Bertz CT molecular complexity index is 263. The van der Waals surface area contributed by atoms with Crippen molar-refractivity contribution < 1.29 is 11.0 Å². The van der Waals surface area contributed by atoms with Gasteiger partial charge >= 0.3 is 0 Å². The number of carbonyl (C=O) groups excluding carboxylic acids is 1. The second-order valence-corrected chi connectivity index (χ2v) is 4.79. The zero-order chi connectivity index (χ0) is 11.5. The van der Waals surface area contributed by atoms with Crippen LogP contribution < -0.4 is 5.32 Å². The molecular weight excluding hydrogens is 204 g/mol. The lowest BCUT2D eigenvalue weighted by molar-refractivity contribution is -0.128. The maximum absolute atomic E-state index is 12.1. The largest absolute Gasteiger partial charge is 0.383 e. The Morgan fingerprint density at radius 1 is 1.56 bits per heavy atom. The normalized spacial score (nSPS) is 33.2. The standard InChI is InChI=1S/C12H22N2O2.H2/c1-3-14-10-5-4-9(8-10)11(14)12(15)13-6-7-16-2;/h9-11H,3-8H2,1-2H3,(H,13,15);1H. The highest BCUT2D eigenvalue weighted by Crippen LogP contribution is 2.42. The average Bonchev–Trinajstić information content (AvgIpc) is 2.88. The van der Waals surface area contributed by atoms with Crippen molar-refractivity contribution in [2.75, 3.05) is 26.8 Å². The molecular formula is C12H24N2O2. The smallest absolute Gasteiger partial charge is 0.237 e. The Labute approximate surface area is 98.8 Å². The van der Waals surface area contributed by atoms with E-state index in [1.165, 1.54) is 19.3 Å². The van der Waals surface area contributed by atoms with E-state index in [9.17, 15) is 4.79 Å². The molecule has 1 saturated carbocycles. The minimum atomic E-state index is 0. The van der Waals surface area contributed by atoms with Crippen molar-refractivity contribution in [3.8, 4) is 0 Å². The molecule has 0 radical (unpaired) electrons. The number of rotatable bonds is 5. The Morgan fingerprint density at radius 3 is 3.06 bits per heavy atom. The average molecular weight is 228 g/mol. The van der Waals surface area contributed by atoms with Crippen LogP contribution in [0.2, 0.25) is 0 Å². The van der Waals surface area contributed by atoms with Gasteiger partial charge in [0, 0.05) is 21.1 Å². The molecule has 1 N–H and O–H groups in total. The van der Waals surface area contributed by atoms with Gasteiger partial charge in [0.15, 0.2) is 0 Å². The first-order valence-electron chi connectivity index (χ1n) is 6.30. The predicted molar refractivity (Wildman–Crippen MR) is 64.3 cm³/mol. The van der Waals surface area contributed by atoms with Crippen molar-refractivity contribution >= 4 is 5.91 Å². The first kappa shape index (κ1) is 11.9. The van der Waals surface area contributed by atoms with E-state index in [4.69, 9.17) is 4.74 Å². The van der Waals surface area contributed by atoms with Gasteiger partial charge < -0.3 is 10.1 Å². The van der Waals surface area contributed by atoms with Gasteiger partial charge in [0.2, 0.25) is 5.91 Å². The number of likely N-dealkylation sites (N-methyl/N-ethyl adjacent to an activating group) is 1. The van der Waals surface area contributed by atoms with Crippen molar-refractivity contribution in [1.29, 1.82) is 0 Å². The van der Waals surface area contributed by atoms with Crippen molar-refractivity contribution in [2.45, 2.75) is 38.3 Å². The minimum Gasteiger partial charge on any atom is -0.383 e. The van der Waals surface area contributed by atoms with Crippen LogP contribution in [0, 0.1) is 5.92 Å². The van der Waals surface area contributed by atoms with E-state index in [1.807, 2.05) is 0 Å². The van der Waals surface area contributed by atoms with Crippen molar-refractivity contribution in [2.24, 2.45) is 5.92 Å². The lowest BCUT2D eigenvalue weighted by atomic mass is 9.98. The van der Waals surface area contributed by atoms with Crippen LogP contribution in [0.15, 0.2) is 0 Å². The summed E-state index contributed by atoms with van der Waals surface area (Å²) in [6, 6.07) is 0.786. The molecule has 2 bridgehead atoms. The second-order valence-electron chi connectivity index (χ2n) is 4.79. The molecule has 1 heterocycles. The number of carbonyl (C=O) groups is 1. The first-order valence-corrected chi connectivity index (χ1v) is 6.30. The number of hydrogen-bond acceptors (Lipinski definition) is 3. The fourth-order valence-electron chi connectivity index (χ4n) is 3.28. The van der Waals surface area contributed by atoms with Crippen LogP contribution in [-0.2, 0) is 9.53 Å². The third kappa shape index (κ3) is 2.09. The summed E-state index contributed by atoms with van der Waals surface area (Å²) in [5.74, 6) is 0.790. The first-order chi connectivity index (χ1) is 7.77. The van der Waals surface area contributed by atoms with Crippen LogP contribution in [0.3, 0.4) is 0 Å². The number of hydrogen-bond donors (Lipinski definition) is 1. The molecule has 0 aromatic carbocycles. The molecule has 4 heteroatoms. The number of piperidine rings is 1. The zero-order valence-electron chi connectivity index (χ0n) is 10.2. The van der Waals surface area contributed by atoms with Crippen molar-refractivity contribution in [1.82, 2.24) is 10.2 Å². The van der Waals surface area contributed by atoms with Crippen molar-refractivity contribution in [3.63, 3.8) is 0 Å². The van der Waals surface area contributed by atoms with Gasteiger partial charge in [-0.25, -0.2) is 0 Å². The van der Waals surface area contributed by atoms with Gasteiger partial charge in [-0.2, -0.15) is 0 Å².